The number of nitro groups is 1. The molecule has 15 nitrogen and oxygen atoms in total. The number of nitrogens with one attached hydrogen (secondary N) is 1. The van der Waals surface area contributed by atoms with Gasteiger partial charge in [0, 0.05) is 18.7 Å². The highest BCUT2D eigenvalue weighted by atomic mass is 79.9. The van der Waals surface area contributed by atoms with Crippen LogP contribution in [0.3, 0.4) is 0 Å². The van der Waals surface area contributed by atoms with E-state index in [1.54, 1.807) is 38.1 Å². The SMILES string of the molecule is CC(C)OC(=O)c1cc(-c2nn(C)c(C(F)(F)F)c2Br)c(F)cc1Cl.C[S+](C)C.Nc1c([N+](=O)[O-])ccc(Oc2ccccc2)c1Cl.O=C(O)CNCP(=O)([O-])O. The summed E-state index contributed by atoms with van der Waals surface area (Å²) in [4.78, 5) is 49.9. The molecule has 0 saturated carbocycles. The molecule has 0 aliphatic rings. The number of esters is 1. The first-order chi connectivity index (χ1) is 26.2. The lowest BCUT2D eigenvalue weighted by Gasteiger charge is -2.14. The van der Waals surface area contributed by atoms with Crippen LogP contribution in [0.1, 0.15) is 29.9 Å². The monoisotopic (exact) mass is 951 g/mol. The first-order valence-corrected chi connectivity index (χ1v) is 21.3. The number of nitrogens with two attached hydrogens (primary N) is 1. The van der Waals surface area contributed by atoms with Gasteiger partial charge in [-0.15, -0.1) is 0 Å². The smallest absolute Gasteiger partial charge is 0.434 e. The number of anilines is 1. The lowest BCUT2D eigenvalue weighted by molar-refractivity contribution is -0.383. The maximum Gasteiger partial charge on any atom is 0.434 e. The normalized spacial score (nSPS) is 11.9. The molecule has 0 amide bonds. The summed E-state index contributed by atoms with van der Waals surface area (Å²) in [5, 5.41) is 24.2. The van der Waals surface area contributed by atoms with Gasteiger partial charge in [0.1, 0.15) is 41.3 Å². The molecule has 3 aromatic carbocycles. The number of benzene rings is 3. The minimum absolute atomic E-state index is 0.0352. The molecule has 0 spiro atoms. The third kappa shape index (κ3) is 17.6. The maximum atomic E-state index is 14.3. The lowest BCUT2D eigenvalue weighted by Crippen LogP contribution is -2.25. The van der Waals surface area contributed by atoms with Crippen molar-refractivity contribution >= 4 is 80.9 Å². The molecule has 57 heavy (non-hydrogen) atoms. The molecule has 0 saturated heterocycles. The highest BCUT2D eigenvalue weighted by Gasteiger charge is 2.39. The van der Waals surface area contributed by atoms with Gasteiger partial charge >= 0.3 is 18.1 Å². The van der Waals surface area contributed by atoms with Crippen LogP contribution in [0.2, 0.25) is 10.0 Å². The van der Waals surface area contributed by atoms with Crippen LogP contribution >= 0.6 is 46.7 Å². The second-order valence-electron chi connectivity index (χ2n) is 11.7. The van der Waals surface area contributed by atoms with E-state index in [1.807, 2.05) is 11.4 Å². The van der Waals surface area contributed by atoms with E-state index < -0.39 is 65.6 Å². The Kier molecular flexibility index (Phi) is 20.5. The Hall–Kier alpha value is -3.95. The number of nitro benzene ring substituents is 1. The molecule has 314 valence electrons. The van der Waals surface area contributed by atoms with Crippen LogP contribution < -0.4 is 20.7 Å². The van der Waals surface area contributed by atoms with Gasteiger partial charge in [-0.25, -0.2) is 9.18 Å². The highest BCUT2D eigenvalue weighted by molar-refractivity contribution is 9.10. The molecule has 1 aromatic heterocycles. The van der Waals surface area contributed by atoms with Crippen LogP contribution in [0.15, 0.2) is 59.1 Å². The molecule has 4 rings (SSSR count). The van der Waals surface area contributed by atoms with Gasteiger partial charge in [-0.1, -0.05) is 41.4 Å². The van der Waals surface area contributed by atoms with Gasteiger partial charge in [0.25, 0.3) is 5.69 Å². The summed E-state index contributed by atoms with van der Waals surface area (Å²) in [6.45, 7) is 2.75. The lowest BCUT2D eigenvalue weighted by atomic mass is 10.1. The zero-order chi connectivity index (χ0) is 44.0. The second-order valence-corrected chi connectivity index (χ2v) is 17.3. The van der Waals surface area contributed by atoms with E-state index in [1.165, 1.54) is 12.1 Å². The Morgan fingerprint density at radius 2 is 1.70 bits per heavy atom. The van der Waals surface area contributed by atoms with E-state index in [2.05, 4.69) is 39.8 Å². The Morgan fingerprint density at radius 3 is 2.16 bits per heavy atom. The number of carboxylic acids is 1. The van der Waals surface area contributed by atoms with Crippen LogP contribution in [0.5, 0.6) is 11.5 Å². The van der Waals surface area contributed by atoms with E-state index in [0.29, 0.717) is 21.3 Å². The van der Waals surface area contributed by atoms with Crippen molar-refractivity contribution in [3.63, 3.8) is 0 Å². The summed E-state index contributed by atoms with van der Waals surface area (Å²) in [6.07, 6.45) is 0.732. The summed E-state index contributed by atoms with van der Waals surface area (Å²) in [5.74, 6) is -2.05. The van der Waals surface area contributed by atoms with E-state index >= 15 is 0 Å². The third-order valence-corrected chi connectivity index (χ3v) is 8.09. The molecule has 5 N–H and O–H groups in total. The number of carbonyl (C=O) groups is 2. The molecule has 0 radical (unpaired) electrons. The molecular formula is C33H37BrCl2F4N5O10PS. The molecular weight excluding hydrogens is 916 g/mol. The number of ether oxygens (including phenoxy) is 2. The minimum atomic E-state index is -4.69. The van der Waals surface area contributed by atoms with Crippen LogP contribution in [-0.2, 0) is 38.2 Å². The number of para-hydroxylation sites is 1. The molecule has 0 aliphatic carbocycles. The number of rotatable bonds is 10. The van der Waals surface area contributed by atoms with Crippen molar-refractivity contribution in [1.29, 1.82) is 0 Å². The van der Waals surface area contributed by atoms with E-state index in [-0.39, 0.29) is 44.0 Å². The number of hydrogen-bond donors (Lipinski definition) is 4. The van der Waals surface area contributed by atoms with E-state index in [4.69, 9.17) is 48.4 Å². The largest absolute Gasteiger partial charge is 0.778 e. The molecule has 4 aromatic rings. The summed E-state index contributed by atoms with van der Waals surface area (Å²) < 4.78 is 74.1. The number of hydrogen-bond acceptors (Lipinski definition) is 11. The van der Waals surface area contributed by atoms with Crippen molar-refractivity contribution < 1.29 is 61.0 Å². The number of aliphatic carboxylic acids is 1. The molecule has 1 unspecified atom stereocenters. The zero-order valence-corrected chi connectivity index (χ0v) is 35.6. The molecule has 1 heterocycles. The van der Waals surface area contributed by atoms with Gasteiger partial charge in [-0.05, 0) is 71.0 Å². The number of aryl methyl sites for hydroxylation is 1. The number of nitrogen functional groups attached to an aromatic ring is 1. The highest BCUT2D eigenvalue weighted by Crippen LogP contribution is 2.41. The topological polar surface area (TPSA) is 232 Å². The predicted molar refractivity (Wildman–Crippen MR) is 211 cm³/mol. The van der Waals surface area contributed by atoms with Gasteiger partial charge in [0.15, 0.2) is 5.69 Å². The number of halogens is 7. The molecule has 0 fully saturated rings. The van der Waals surface area contributed by atoms with Gasteiger partial charge in [0.05, 0.1) is 57.7 Å². The first-order valence-electron chi connectivity index (χ1n) is 15.6. The quantitative estimate of drug-likeness (QED) is 0.0230. The van der Waals surface area contributed by atoms with Crippen LogP contribution in [0, 0.1) is 15.9 Å². The molecule has 0 bridgehead atoms. The van der Waals surface area contributed by atoms with Crippen molar-refractivity contribution in [2.75, 3.05) is 37.3 Å². The Labute approximate surface area is 345 Å². The molecule has 24 heteroatoms. The van der Waals surface area contributed by atoms with Crippen LogP contribution in [-0.4, -0.2) is 74.3 Å². The van der Waals surface area contributed by atoms with Crippen LogP contribution in [0.4, 0.5) is 28.9 Å². The Morgan fingerprint density at radius 1 is 1.14 bits per heavy atom. The Balaban J connectivity index is 0.000000441. The van der Waals surface area contributed by atoms with Crippen molar-refractivity contribution in [1.82, 2.24) is 15.1 Å². The third-order valence-electron chi connectivity index (χ3n) is 6.01. The molecule has 1 atom stereocenters. The number of carbonyl (C=O) groups excluding carboxylic acids is 1. The number of aromatic nitrogens is 2. The summed E-state index contributed by atoms with van der Waals surface area (Å²) >= 11 is 14.6. The Bertz CT molecular complexity index is 2060. The number of alkyl halides is 3. The van der Waals surface area contributed by atoms with Gasteiger partial charge in [0.2, 0.25) is 0 Å². The molecule has 0 aliphatic heterocycles. The number of nitrogens with zero attached hydrogens (tertiary/aromatic N) is 3. The number of carboxylic acid groups (broad SMARTS) is 1. The maximum absolute atomic E-state index is 14.3. The van der Waals surface area contributed by atoms with Crippen molar-refractivity contribution in [2.24, 2.45) is 7.05 Å². The summed E-state index contributed by atoms with van der Waals surface area (Å²) in [5.41, 5.74) is 3.39. The fraction of sp³-hybridized carbons (Fsp3) is 0.303. The minimum Gasteiger partial charge on any atom is -0.778 e. The fourth-order valence-corrected chi connectivity index (χ4v) is 5.46. The average molecular weight is 954 g/mol. The summed E-state index contributed by atoms with van der Waals surface area (Å²) in [7, 11) is -2.63. The second kappa shape index (κ2) is 22.8. The van der Waals surface area contributed by atoms with Crippen LogP contribution in [0.25, 0.3) is 11.3 Å². The average Bonchev–Trinajstić information content (AvgIpc) is 3.36. The van der Waals surface area contributed by atoms with Gasteiger partial charge in [-0.2, -0.15) is 18.3 Å². The zero-order valence-electron chi connectivity index (χ0n) is 30.8. The van der Waals surface area contributed by atoms with E-state index in [9.17, 15) is 46.7 Å². The van der Waals surface area contributed by atoms with Gasteiger partial charge < -0.3 is 34.7 Å². The predicted octanol–water partition coefficient (Wildman–Crippen LogP) is 7.51. The fourth-order valence-electron chi connectivity index (χ4n) is 3.86. The van der Waals surface area contributed by atoms with Crippen molar-refractivity contribution in [3.8, 4) is 22.8 Å². The van der Waals surface area contributed by atoms with Crippen molar-refractivity contribution in [2.45, 2.75) is 26.1 Å². The van der Waals surface area contributed by atoms with E-state index in [0.717, 1.165) is 19.2 Å². The van der Waals surface area contributed by atoms with Gasteiger partial charge in [-0.3, -0.25) is 24.9 Å². The standard InChI is InChI=1S/C15H12BrClF4N2O2.C12H9ClN2O3.C3H8NO5P.C3H9S/c1-6(2)25-14(24)7-4-8(10(18)5-9(7)17)12-11(16)13(15(19,20)21)23(3)22-12;13-11-10(18-8-4-2-1-3-5-8)7-6-9(12(11)14)15(16)17;5-3(6)1-4-2-10(7,8)9;1-4(2)3/h4-6H,1-3H3;1-7H,14H2;4H,1-2H2,(H,5,6)(H2,7,8,9);1-3H3/q;;;+1/p-1. The van der Waals surface area contributed by atoms with Crippen molar-refractivity contribution in [3.05, 3.63) is 96.3 Å². The first kappa shape index (κ1) is 51.1. The summed E-state index contributed by atoms with van der Waals surface area (Å²) in [6, 6.07) is 13.5.